The van der Waals surface area contributed by atoms with Gasteiger partial charge in [-0.15, -0.1) is 15.3 Å². The lowest BCUT2D eigenvalue weighted by Crippen LogP contribution is -2.45. The molecular weight excluding hydrogens is 491 g/mol. The van der Waals surface area contributed by atoms with Crippen LogP contribution < -0.4 is 15.0 Å². The topological polar surface area (TPSA) is 112 Å². The minimum Gasteiger partial charge on any atom is -0.465 e. The van der Waals surface area contributed by atoms with Gasteiger partial charge in [-0.2, -0.15) is 4.39 Å². The van der Waals surface area contributed by atoms with Crippen molar-refractivity contribution in [3.05, 3.63) is 30.6 Å². The molecule has 11 nitrogen and oxygen atoms in total. The molecule has 2 saturated heterocycles. The molecule has 12 heteroatoms. The van der Waals surface area contributed by atoms with Gasteiger partial charge in [0, 0.05) is 56.3 Å². The highest BCUT2D eigenvalue weighted by Crippen LogP contribution is 2.33. The third kappa shape index (κ3) is 6.08. The summed E-state index contributed by atoms with van der Waals surface area (Å²) in [6.45, 7) is 8.80. The van der Waals surface area contributed by atoms with E-state index in [1.165, 1.54) is 7.11 Å². The molecule has 0 bridgehead atoms. The largest absolute Gasteiger partial charge is 0.465 e. The van der Waals surface area contributed by atoms with Crippen molar-refractivity contribution < 1.29 is 18.6 Å². The minimum absolute atomic E-state index is 0.00925. The van der Waals surface area contributed by atoms with E-state index < -0.39 is 5.95 Å². The highest BCUT2D eigenvalue weighted by Gasteiger charge is 2.28. The number of hydrogen-bond donors (Lipinski definition) is 1. The van der Waals surface area contributed by atoms with Crippen molar-refractivity contribution in [2.45, 2.75) is 64.3 Å². The molecule has 38 heavy (non-hydrogen) atoms. The van der Waals surface area contributed by atoms with Crippen LogP contribution in [0.4, 0.5) is 10.3 Å². The summed E-state index contributed by atoms with van der Waals surface area (Å²) >= 11 is 0. The Bertz CT molecular complexity index is 1220. The first-order valence-electron chi connectivity index (χ1n) is 13.0. The third-order valence-corrected chi connectivity index (χ3v) is 6.53. The van der Waals surface area contributed by atoms with Gasteiger partial charge < -0.3 is 24.4 Å². The van der Waals surface area contributed by atoms with Crippen molar-refractivity contribution in [2.24, 2.45) is 0 Å². The van der Waals surface area contributed by atoms with Gasteiger partial charge in [0.05, 0.1) is 11.8 Å². The maximum absolute atomic E-state index is 14.8. The Morgan fingerprint density at radius 3 is 2.74 bits per heavy atom. The molecular formula is C26H35FN8O3. The first-order chi connectivity index (χ1) is 18.3. The summed E-state index contributed by atoms with van der Waals surface area (Å²) in [5.74, 6) is 0.356. The molecule has 2 fully saturated rings. The first kappa shape index (κ1) is 26.4. The monoisotopic (exact) mass is 526 g/mol. The zero-order valence-corrected chi connectivity index (χ0v) is 22.4. The lowest BCUT2D eigenvalue weighted by Gasteiger charge is -2.25. The van der Waals surface area contributed by atoms with Crippen LogP contribution in [0.5, 0.6) is 5.75 Å². The van der Waals surface area contributed by atoms with Gasteiger partial charge in [0.2, 0.25) is 11.9 Å². The molecule has 1 unspecified atom stereocenters. The molecule has 0 aliphatic carbocycles. The molecule has 0 radical (unpaired) electrons. The van der Waals surface area contributed by atoms with Gasteiger partial charge in [0.15, 0.2) is 12.5 Å². The highest BCUT2D eigenvalue weighted by atomic mass is 19.1. The van der Waals surface area contributed by atoms with E-state index in [0.29, 0.717) is 46.9 Å². The second-order valence-corrected chi connectivity index (χ2v) is 10.7. The summed E-state index contributed by atoms with van der Waals surface area (Å²) in [5, 5.41) is 16.4. The van der Waals surface area contributed by atoms with Gasteiger partial charge >= 0.3 is 0 Å². The van der Waals surface area contributed by atoms with E-state index in [1.807, 2.05) is 0 Å². The molecule has 2 aliphatic rings. The van der Waals surface area contributed by atoms with Crippen LogP contribution in [0.15, 0.2) is 24.7 Å². The number of methoxy groups -OCH3 is 1. The van der Waals surface area contributed by atoms with E-state index in [2.05, 4.69) is 56.3 Å². The number of halogens is 1. The zero-order chi connectivity index (χ0) is 26.7. The van der Waals surface area contributed by atoms with Crippen LogP contribution in [-0.4, -0.2) is 75.1 Å². The maximum Gasteiger partial charge on any atom is 0.245 e. The molecule has 3 aromatic rings. The van der Waals surface area contributed by atoms with E-state index in [0.717, 1.165) is 38.8 Å². The lowest BCUT2D eigenvalue weighted by molar-refractivity contribution is -0.0402. The fourth-order valence-corrected chi connectivity index (χ4v) is 4.85. The van der Waals surface area contributed by atoms with E-state index in [-0.39, 0.29) is 18.6 Å². The Hall–Kier alpha value is -3.22. The second-order valence-electron chi connectivity index (χ2n) is 10.7. The van der Waals surface area contributed by atoms with Crippen molar-refractivity contribution in [1.29, 1.82) is 0 Å². The Kier molecular flexibility index (Phi) is 7.82. The van der Waals surface area contributed by atoms with Gasteiger partial charge in [-0.1, -0.05) is 0 Å². The number of nitrogens with zero attached hydrogens (tertiary/aromatic N) is 7. The number of hydrogen-bond acceptors (Lipinski definition) is 10. The normalized spacial score (nSPS) is 20.2. The van der Waals surface area contributed by atoms with Gasteiger partial charge in [0.1, 0.15) is 17.6 Å². The Balaban J connectivity index is 1.36. The summed E-state index contributed by atoms with van der Waals surface area (Å²) < 4.78 is 33.0. The predicted octanol–water partition coefficient (Wildman–Crippen LogP) is 3.58. The molecule has 5 rings (SSSR count). The summed E-state index contributed by atoms with van der Waals surface area (Å²) in [7, 11) is 1.53. The smallest absolute Gasteiger partial charge is 0.245 e. The van der Waals surface area contributed by atoms with Gasteiger partial charge in [-0.05, 0) is 52.5 Å². The standard InChI is InChI=1S/C26H35FN8O3/c1-26(2,3)30-18-8-9-34(14-18)25-29-13-20(31-32-25)23-21(38-16-36-4)11-17(12-28-23)19-15-35(33-24(19)27)22-7-5-6-10-37-22/h11-13,15,18,22,30H,5-10,14,16H2,1-4H3/t18-,22?/m0/s1. The van der Waals surface area contributed by atoms with E-state index in [9.17, 15) is 4.39 Å². The fourth-order valence-electron chi connectivity index (χ4n) is 4.85. The number of pyridine rings is 1. The van der Waals surface area contributed by atoms with Crippen LogP contribution in [0, 0.1) is 5.95 Å². The summed E-state index contributed by atoms with van der Waals surface area (Å²) in [4.78, 5) is 11.2. The van der Waals surface area contributed by atoms with Crippen molar-refractivity contribution in [2.75, 3.05) is 38.5 Å². The summed E-state index contributed by atoms with van der Waals surface area (Å²) in [6.07, 6.45) is 8.42. The van der Waals surface area contributed by atoms with Crippen molar-refractivity contribution in [3.63, 3.8) is 0 Å². The SMILES string of the molecule is COCOc1cc(-c2cn(C3CCCCO3)nc2F)cnc1-c1cnc(N2CC[C@H](NC(C)(C)C)C2)nn1. The average molecular weight is 527 g/mol. The van der Waals surface area contributed by atoms with Gasteiger partial charge in [-0.3, -0.25) is 0 Å². The number of ether oxygens (including phenoxy) is 3. The second kappa shape index (κ2) is 11.3. The van der Waals surface area contributed by atoms with Crippen LogP contribution in [0.1, 0.15) is 52.7 Å². The lowest BCUT2D eigenvalue weighted by atomic mass is 10.1. The van der Waals surface area contributed by atoms with Crippen LogP contribution >= 0.6 is 0 Å². The molecule has 0 aromatic carbocycles. The quantitative estimate of drug-likeness (QED) is 0.437. The molecule has 0 spiro atoms. The average Bonchev–Trinajstić information content (AvgIpc) is 3.53. The molecule has 2 atom stereocenters. The van der Waals surface area contributed by atoms with Gasteiger partial charge in [-0.25, -0.2) is 14.6 Å². The summed E-state index contributed by atoms with van der Waals surface area (Å²) in [6, 6.07) is 2.07. The Morgan fingerprint density at radius 1 is 1.16 bits per heavy atom. The fraction of sp³-hybridized carbons (Fsp3) is 0.577. The maximum atomic E-state index is 14.8. The molecule has 1 N–H and O–H groups in total. The van der Waals surface area contributed by atoms with Crippen LogP contribution in [-0.2, 0) is 9.47 Å². The van der Waals surface area contributed by atoms with E-state index in [4.69, 9.17) is 14.2 Å². The van der Waals surface area contributed by atoms with Crippen molar-refractivity contribution in [3.8, 4) is 28.3 Å². The number of aromatic nitrogens is 6. The third-order valence-electron chi connectivity index (χ3n) is 6.53. The molecule has 3 aromatic heterocycles. The van der Waals surface area contributed by atoms with Crippen molar-refractivity contribution >= 4 is 5.95 Å². The minimum atomic E-state index is -0.595. The summed E-state index contributed by atoms with van der Waals surface area (Å²) in [5.41, 5.74) is 1.76. The van der Waals surface area contributed by atoms with Crippen molar-refractivity contribution in [1.82, 2.24) is 35.3 Å². The Morgan fingerprint density at radius 2 is 2.03 bits per heavy atom. The number of nitrogens with one attached hydrogen (secondary N) is 1. The van der Waals surface area contributed by atoms with Gasteiger partial charge in [0.25, 0.3) is 0 Å². The first-order valence-corrected chi connectivity index (χ1v) is 13.0. The predicted molar refractivity (Wildman–Crippen MR) is 139 cm³/mol. The van der Waals surface area contributed by atoms with Crippen LogP contribution in [0.25, 0.3) is 22.5 Å². The Labute approximate surface area is 221 Å². The van der Waals surface area contributed by atoms with Crippen LogP contribution in [0.2, 0.25) is 0 Å². The number of rotatable bonds is 8. The molecule has 0 amide bonds. The molecule has 5 heterocycles. The van der Waals surface area contributed by atoms with E-state index in [1.54, 1.807) is 29.3 Å². The molecule has 2 aliphatic heterocycles. The number of anilines is 1. The van der Waals surface area contributed by atoms with E-state index >= 15 is 0 Å². The zero-order valence-electron chi connectivity index (χ0n) is 22.4. The molecule has 204 valence electrons. The van der Waals surface area contributed by atoms with Crippen LogP contribution in [0.3, 0.4) is 0 Å². The highest BCUT2D eigenvalue weighted by molar-refractivity contribution is 5.70. The molecule has 0 saturated carbocycles.